The number of carbonyl (C=O) groups excluding carboxylic acids is 1. The van der Waals surface area contributed by atoms with Gasteiger partial charge < -0.3 is 19.9 Å². The third kappa shape index (κ3) is 6.06. The molecule has 0 saturated carbocycles. The van der Waals surface area contributed by atoms with Crippen molar-refractivity contribution in [1.29, 1.82) is 0 Å². The Bertz CT molecular complexity index is 922. The van der Waals surface area contributed by atoms with E-state index < -0.39 is 5.54 Å². The van der Waals surface area contributed by atoms with Crippen molar-refractivity contribution >= 4 is 17.9 Å². The Hall–Kier alpha value is -3.38. The molecule has 0 unspecified atom stereocenters. The van der Waals surface area contributed by atoms with Crippen LogP contribution in [0.4, 0.5) is 0 Å². The quantitative estimate of drug-likeness (QED) is 0.432. The van der Waals surface area contributed by atoms with Crippen LogP contribution < -0.4 is 10.1 Å². The summed E-state index contributed by atoms with van der Waals surface area (Å²) in [5.74, 6) is 0.949. The van der Waals surface area contributed by atoms with Crippen LogP contribution in [0.2, 0.25) is 0 Å². The van der Waals surface area contributed by atoms with Gasteiger partial charge in [0.15, 0.2) is 5.54 Å². The van der Waals surface area contributed by atoms with E-state index in [9.17, 15) is 4.79 Å². The predicted octanol–water partition coefficient (Wildman–Crippen LogP) is 3.37. The molecule has 1 aliphatic heterocycles. The van der Waals surface area contributed by atoms with Gasteiger partial charge in [0, 0.05) is 31.6 Å². The minimum atomic E-state index is -1.03. The van der Waals surface area contributed by atoms with Crippen molar-refractivity contribution in [2.45, 2.75) is 18.4 Å². The van der Waals surface area contributed by atoms with Gasteiger partial charge in [-0.3, -0.25) is 4.79 Å². The number of aliphatic imine (C=N–C) groups is 1. The Morgan fingerprint density at radius 1 is 1.23 bits per heavy atom. The summed E-state index contributed by atoms with van der Waals surface area (Å²) in [5, 5.41) is 11.7. The summed E-state index contributed by atoms with van der Waals surface area (Å²) < 4.78 is 11.4. The lowest BCUT2D eigenvalue weighted by Crippen LogP contribution is -2.46. The van der Waals surface area contributed by atoms with Gasteiger partial charge in [-0.1, -0.05) is 48.6 Å². The third-order valence-electron chi connectivity index (χ3n) is 4.83. The van der Waals surface area contributed by atoms with Gasteiger partial charge in [0.05, 0.1) is 6.61 Å². The second-order valence-corrected chi connectivity index (χ2v) is 7.20. The maximum atomic E-state index is 12.9. The normalized spacial score (nSPS) is 17.8. The van der Waals surface area contributed by atoms with Crippen LogP contribution in [-0.4, -0.2) is 48.8 Å². The van der Waals surface area contributed by atoms with Crippen LogP contribution in [-0.2, 0) is 9.53 Å². The van der Waals surface area contributed by atoms with E-state index in [2.05, 4.69) is 11.9 Å². The van der Waals surface area contributed by atoms with Crippen molar-refractivity contribution in [3.63, 3.8) is 0 Å². The van der Waals surface area contributed by atoms with E-state index in [-0.39, 0.29) is 19.1 Å². The highest BCUT2D eigenvalue weighted by Gasteiger charge is 2.43. The van der Waals surface area contributed by atoms with Crippen molar-refractivity contribution < 1.29 is 19.4 Å². The molecule has 1 amide bonds. The number of hydrogen-bond acceptors (Lipinski definition) is 5. The summed E-state index contributed by atoms with van der Waals surface area (Å²) in [6.07, 6.45) is 6.57. The van der Waals surface area contributed by atoms with Gasteiger partial charge in [0.2, 0.25) is 5.90 Å². The number of rotatable bonds is 11. The van der Waals surface area contributed by atoms with Crippen LogP contribution in [0.5, 0.6) is 5.75 Å². The lowest BCUT2D eigenvalue weighted by molar-refractivity contribution is -0.126. The largest absolute Gasteiger partial charge is 0.494 e. The molecule has 0 aliphatic carbocycles. The summed E-state index contributed by atoms with van der Waals surface area (Å²) in [6.45, 7) is 4.74. The van der Waals surface area contributed by atoms with Crippen LogP contribution >= 0.6 is 0 Å². The molecule has 2 aromatic carbocycles. The van der Waals surface area contributed by atoms with Crippen molar-refractivity contribution in [1.82, 2.24) is 5.32 Å². The van der Waals surface area contributed by atoms with Gasteiger partial charge in [-0.25, -0.2) is 4.99 Å². The van der Waals surface area contributed by atoms with Crippen molar-refractivity contribution in [3.8, 4) is 5.75 Å². The Kier molecular flexibility index (Phi) is 8.01. The molecule has 1 aliphatic rings. The first kappa shape index (κ1) is 22.3. The molecule has 31 heavy (non-hydrogen) atoms. The van der Waals surface area contributed by atoms with Gasteiger partial charge in [0.25, 0.3) is 5.91 Å². The number of aliphatic hydroxyl groups is 1. The standard InChI is InChI=1S/C25H28N2O4/c1-2-16-26-24(29)25(15-6-10-20-8-4-3-5-9-20)19-31-23(27-25)21-11-13-22(14-12-21)30-18-7-17-28/h2-6,8-14,28H,1,7,15-19H2,(H,26,29)/b10-6+/t25-/m1/s1. The molecular weight excluding hydrogens is 392 g/mol. The zero-order valence-electron chi connectivity index (χ0n) is 17.5. The molecule has 6 nitrogen and oxygen atoms in total. The predicted molar refractivity (Wildman–Crippen MR) is 122 cm³/mol. The van der Waals surface area contributed by atoms with E-state index in [1.165, 1.54) is 0 Å². The molecule has 0 saturated heterocycles. The molecular formula is C25H28N2O4. The molecule has 162 valence electrons. The number of hydrogen-bond donors (Lipinski definition) is 2. The minimum absolute atomic E-state index is 0.0947. The fraction of sp³-hybridized carbons (Fsp3) is 0.280. The second kappa shape index (κ2) is 11.1. The number of amides is 1. The third-order valence-corrected chi connectivity index (χ3v) is 4.83. The molecule has 2 N–H and O–H groups in total. The van der Waals surface area contributed by atoms with Crippen LogP contribution in [0.25, 0.3) is 6.08 Å². The van der Waals surface area contributed by atoms with Crippen LogP contribution in [0.3, 0.4) is 0 Å². The van der Waals surface area contributed by atoms with Gasteiger partial charge in [-0.2, -0.15) is 0 Å². The lowest BCUT2D eigenvalue weighted by Gasteiger charge is -2.21. The van der Waals surface area contributed by atoms with E-state index in [0.717, 1.165) is 11.1 Å². The molecule has 0 radical (unpaired) electrons. The molecule has 3 rings (SSSR count). The molecule has 1 atom stereocenters. The molecule has 0 bridgehead atoms. The highest BCUT2D eigenvalue weighted by atomic mass is 16.5. The molecule has 6 heteroatoms. The Balaban J connectivity index is 1.77. The SMILES string of the molecule is C=CCNC(=O)[C@@]1(C/C=C/c2ccccc2)COC(c2ccc(OCCCO)cc2)=N1. The van der Waals surface area contributed by atoms with Gasteiger partial charge in [-0.05, 0) is 29.8 Å². The first-order valence-electron chi connectivity index (χ1n) is 10.3. The van der Waals surface area contributed by atoms with Crippen molar-refractivity contribution in [3.05, 3.63) is 84.5 Å². The zero-order chi connectivity index (χ0) is 21.9. The topological polar surface area (TPSA) is 80.2 Å². The number of benzene rings is 2. The molecule has 2 aromatic rings. The van der Waals surface area contributed by atoms with E-state index in [1.54, 1.807) is 6.08 Å². The number of carbonyl (C=O) groups is 1. The van der Waals surface area contributed by atoms with Crippen LogP contribution in [0.15, 0.2) is 78.3 Å². The van der Waals surface area contributed by atoms with Crippen LogP contribution in [0.1, 0.15) is 24.0 Å². The first-order chi connectivity index (χ1) is 15.2. The van der Waals surface area contributed by atoms with E-state index in [0.29, 0.717) is 37.6 Å². The minimum Gasteiger partial charge on any atom is -0.494 e. The van der Waals surface area contributed by atoms with Gasteiger partial charge in [0.1, 0.15) is 12.4 Å². The summed E-state index contributed by atoms with van der Waals surface area (Å²) in [7, 11) is 0. The fourth-order valence-electron chi connectivity index (χ4n) is 3.14. The number of nitrogens with zero attached hydrogens (tertiary/aromatic N) is 1. The summed E-state index contributed by atoms with van der Waals surface area (Å²) >= 11 is 0. The fourth-order valence-corrected chi connectivity index (χ4v) is 3.14. The molecule has 0 fully saturated rings. The monoisotopic (exact) mass is 420 g/mol. The zero-order valence-corrected chi connectivity index (χ0v) is 17.5. The summed E-state index contributed by atoms with van der Waals surface area (Å²) in [6, 6.07) is 17.3. The smallest absolute Gasteiger partial charge is 0.252 e. The first-order valence-corrected chi connectivity index (χ1v) is 10.3. The number of ether oxygens (including phenoxy) is 2. The highest BCUT2D eigenvalue weighted by Crippen LogP contribution is 2.27. The molecule has 0 aromatic heterocycles. The van der Waals surface area contributed by atoms with Gasteiger partial charge >= 0.3 is 0 Å². The summed E-state index contributed by atoms with van der Waals surface area (Å²) in [5.41, 5.74) is 0.809. The highest BCUT2D eigenvalue weighted by molar-refractivity contribution is 6.00. The maximum absolute atomic E-state index is 12.9. The second-order valence-electron chi connectivity index (χ2n) is 7.20. The van der Waals surface area contributed by atoms with Crippen molar-refractivity contribution in [2.24, 2.45) is 4.99 Å². The molecule has 1 heterocycles. The van der Waals surface area contributed by atoms with E-state index in [1.807, 2.05) is 66.7 Å². The average Bonchev–Trinajstić information content (AvgIpc) is 3.24. The van der Waals surface area contributed by atoms with Crippen LogP contribution in [0, 0.1) is 0 Å². The Morgan fingerprint density at radius 2 is 2.00 bits per heavy atom. The Labute approximate surface area is 182 Å². The van der Waals surface area contributed by atoms with Gasteiger partial charge in [-0.15, -0.1) is 6.58 Å². The summed E-state index contributed by atoms with van der Waals surface area (Å²) in [4.78, 5) is 17.6. The Morgan fingerprint density at radius 3 is 2.71 bits per heavy atom. The van der Waals surface area contributed by atoms with Crippen molar-refractivity contribution in [2.75, 3.05) is 26.4 Å². The van der Waals surface area contributed by atoms with E-state index >= 15 is 0 Å². The average molecular weight is 421 g/mol. The lowest BCUT2D eigenvalue weighted by atomic mass is 9.95. The molecule has 0 spiro atoms. The maximum Gasteiger partial charge on any atom is 0.252 e. The van der Waals surface area contributed by atoms with E-state index in [4.69, 9.17) is 19.6 Å². The number of nitrogens with one attached hydrogen (secondary N) is 1. The number of aliphatic hydroxyl groups excluding tert-OH is 1.